The van der Waals surface area contributed by atoms with Crippen molar-refractivity contribution >= 4 is 28.9 Å². The number of hydrogen-bond acceptors (Lipinski definition) is 10. The molecular formula is C22H21N9O3. The third kappa shape index (κ3) is 3.97. The number of rotatable bonds is 6. The molecule has 1 aliphatic heterocycles. The number of anilines is 4. The Morgan fingerprint density at radius 2 is 2.03 bits per heavy atom. The molecule has 0 bridgehead atoms. The zero-order chi connectivity index (χ0) is 23.7. The molecule has 5 rings (SSSR count). The molecule has 0 saturated carbocycles. The maximum Gasteiger partial charge on any atom is 0.273 e. The third-order valence-electron chi connectivity index (χ3n) is 5.10. The minimum Gasteiger partial charge on any atom is -0.481 e. The number of para-hydroxylation sites is 1. The smallest absolute Gasteiger partial charge is 0.273 e. The van der Waals surface area contributed by atoms with Crippen LogP contribution in [0.1, 0.15) is 27.7 Å². The first-order chi connectivity index (χ1) is 16.6. The van der Waals surface area contributed by atoms with Crippen molar-refractivity contribution in [2.75, 3.05) is 17.7 Å². The molecule has 4 N–H and O–H groups in total. The van der Waals surface area contributed by atoms with E-state index in [-0.39, 0.29) is 18.9 Å². The van der Waals surface area contributed by atoms with Gasteiger partial charge in [0.1, 0.15) is 24.7 Å². The maximum atomic E-state index is 12.5. The van der Waals surface area contributed by atoms with Crippen LogP contribution in [0.4, 0.5) is 23.0 Å². The number of ether oxygens (including phenoxy) is 1. The average Bonchev–Trinajstić information content (AvgIpc) is 3.29. The van der Waals surface area contributed by atoms with Crippen molar-refractivity contribution in [1.82, 2.24) is 35.3 Å². The number of nitrogens with zero attached hydrogens (tertiary/aromatic N) is 6. The highest BCUT2D eigenvalue weighted by molar-refractivity contribution is 5.98. The lowest BCUT2D eigenvalue weighted by Crippen LogP contribution is -2.22. The summed E-state index contributed by atoms with van der Waals surface area (Å²) in [5.41, 5.74) is 2.82. The Hall–Kier alpha value is -4.58. The van der Waals surface area contributed by atoms with Crippen LogP contribution in [-0.2, 0) is 13.2 Å². The van der Waals surface area contributed by atoms with E-state index in [1.165, 1.54) is 7.05 Å². The largest absolute Gasteiger partial charge is 0.481 e. The number of hydrogen-bond donors (Lipinski definition) is 4. The summed E-state index contributed by atoms with van der Waals surface area (Å²) in [5, 5.41) is 30.9. The van der Waals surface area contributed by atoms with Gasteiger partial charge < -0.3 is 25.8 Å². The van der Waals surface area contributed by atoms with E-state index in [0.717, 1.165) is 5.56 Å². The molecule has 12 nitrogen and oxygen atoms in total. The van der Waals surface area contributed by atoms with E-state index in [1.807, 2.05) is 37.3 Å². The number of fused-ring (bicyclic) bond motifs is 3. The highest BCUT2D eigenvalue weighted by atomic mass is 16.5. The van der Waals surface area contributed by atoms with Crippen LogP contribution in [-0.4, -0.2) is 48.0 Å². The molecule has 0 atom stereocenters. The first-order valence-corrected chi connectivity index (χ1v) is 10.4. The quantitative estimate of drug-likeness (QED) is 0.337. The van der Waals surface area contributed by atoms with Gasteiger partial charge in [0.05, 0.1) is 11.4 Å². The molecule has 0 aliphatic carbocycles. The van der Waals surface area contributed by atoms with Crippen LogP contribution >= 0.6 is 0 Å². The van der Waals surface area contributed by atoms with Crippen LogP contribution in [0.25, 0.3) is 5.69 Å². The zero-order valence-electron chi connectivity index (χ0n) is 18.4. The Morgan fingerprint density at radius 1 is 1.15 bits per heavy atom. The molecular weight excluding hydrogens is 438 g/mol. The van der Waals surface area contributed by atoms with Gasteiger partial charge in [-0.3, -0.25) is 4.79 Å². The van der Waals surface area contributed by atoms with E-state index in [9.17, 15) is 9.90 Å². The number of carbonyl (C=O) groups excluding carboxylic acids is 1. The Labute approximate surface area is 194 Å². The van der Waals surface area contributed by atoms with Crippen molar-refractivity contribution in [3.05, 3.63) is 65.5 Å². The molecule has 0 spiro atoms. The van der Waals surface area contributed by atoms with Crippen LogP contribution in [0.3, 0.4) is 0 Å². The molecule has 3 aromatic heterocycles. The van der Waals surface area contributed by atoms with Gasteiger partial charge in [0.15, 0.2) is 28.9 Å². The summed E-state index contributed by atoms with van der Waals surface area (Å²) in [7, 11) is 1.52. The summed E-state index contributed by atoms with van der Waals surface area (Å²) < 4.78 is 7.58. The lowest BCUT2D eigenvalue weighted by atomic mass is 10.2. The van der Waals surface area contributed by atoms with Crippen LogP contribution in [0.2, 0.25) is 0 Å². The van der Waals surface area contributed by atoms with E-state index >= 15 is 0 Å². The first-order valence-electron chi connectivity index (χ1n) is 10.4. The molecule has 172 valence electrons. The fourth-order valence-electron chi connectivity index (χ4n) is 3.48. The summed E-state index contributed by atoms with van der Waals surface area (Å²) in [4.78, 5) is 21.0. The number of aliphatic hydroxyl groups is 1. The van der Waals surface area contributed by atoms with E-state index < -0.39 is 5.91 Å². The van der Waals surface area contributed by atoms with Gasteiger partial charge >= 0.3 is 0 Å². The van der Waals surface area contributed by atoms with Crippen LogP contribution in [0.5, 0.6) is 5.75 Å². The standard InChI is InChI=1S/C22H21N9O3/c1-12-6-7-16(24-9-12)26-17-8-14(20(29-28-17)22(33)23-2)25-13-4-3-5-15-21(13)34-11-19-27-18(10-32)30-31(15)19/h3-9,32H,10-11H2,1-2H3,(H,23,33)(H2,24,25,26,28). The number of aromatic nitrogens is 6. The Bertz CT molecular complexity index is 1370. The van der Waals surface area contributed by atoms with Gasteiger partial charge in [-0.15, -0.1) is 15.3 Å². The second-order valence-corrected chi connectivity index (χ2v) is 7.50. The predicted octanol–water partition coefficient (Wildman–Crippen LogP) is 1.99. The lowest BCUT2D eigenvalue weighted by molar-refractivity contribution is 0.0958. The van der Waals surface area contributed by atoms with E-state index in [2.05, 4.69) is 41.2 Å². The lowest BCUT2D eigenvalue weighted by Gasteiger charge is -2.21. The van der Waals surface area contributed by atoms with Gasteiger partial charge in [-0.2, -0.15) is 0 Å². The molecule has 0 fully saturated rings. The van der Waals surface area contributed by atoms with Gasteiger partial charge in [-0.05, 0) is 30.7 Å². The molecule has 34 heavy (non-hydrogen) atoms. The van der Waals surface area contributed by atoms with Crippen LogP contribution in [0, 0.1) is 6.92 Å². The topological polar surface area (TPSA) is 152 Å². The molecule has 4 aromatic rings. The number of benzene rings is 1. The molecule has 12 heteroatoms. The van der Waals surface area contributed by atoms with Gasteiger partial charge in [-0.25, -0.2) is 14.6 Å². The molecule has 0 radical (unpaired) electrons. The average molecular weight is 459 g/mol. The minimum atomic E-state index is -0.396. The van der Waals surface area contributed by atoms with Crippen molar-refractivity contribution in [2.24, 2.45) is 0 Å². The summed E-state index contributed by atoms with van der Waals surface area (Å²) >= 11 is 0. The Morgan fingerprint density at radius 3 is 2.79 bits per heavy atom. The Balaban J connectivity index is 1.51. The second kappa shape index (κ2) is 8.75. The van der Waals surface area contributed by atoms with E-state index in [4.69, 9.17) is 4.74 Å². The van der Waals surface area contributed by atoms with Gasteiger partial charge in [-0.1, -0.05) is 12.1 Å². The normalized spacial score (nSPS) is 11.7. The molecule has 0 unspecified atom stereocenters. The third-order valence-corrected chi connectivity index (χ3v) is 5.10. The number of amides is 1. The molecule has 1 aromatic carbocycles. The second-order valence-electron chi connectivity index (χ2n) is 7.50. The SMILES string of the molecule is CNC(=O)c1nnc(Nc2ccc(C)cn2)cc1Nc1cccc2c1OCc1nc(CO)nn1-2. The fourth-order valence-corrected chi connectivity index (χ4v) is 3.48. The summed E-state index contributed by atoms with van der Waals surface area (Å²) in [6, 6.07) is 10.9. The molecule has 1 aliphatic rings. The fraction of sp³-hybridized carbons (Fsp3) is 0.182. The van der Waals surface area contributed by atoms with Gasteiger partial charge in [0, 0.05) is 19.3 Å². The summed E-state index contributed by atoms with van der Waals surface area (Å²) in [6.45, 7) is 1.87. The molecule has 4 heterocycles. The molecule has 1 amide bonds. The van der Waals surface area contributed by atoms with Gasteiger partial charge in [0.25, 0.3) is 5.91 Å². The maximum absolute atomic E-state index is 12.5. The van der Waals surface area contributed by atoms with E-state index in [0.29, 0.717) is 46.1 Å². The highest BCUT2D eigenvalue weighted by Gasteiger charge is 2.24. The number of nitrogens with one attached hydrogen (secondary N) is 3. The first kappa shape index (κ1) is 21.3. The predicted molar refractivity (Wildman–Crippen MR) is 123 cm³/mol. The van der Waals surface area contributed by atoms with Crippen LogP contribution < -0.4 is 20.7 Å². The minimum absolute atomic E-state index is 0.113. The number of aliphatic hydroxyl groups excluding tert-OH is 1. The van der Waals surface area contributed by atoms with Crippen molar-refractivity contribution in [2.45, 2.75) is 20.1 Å². The van der Waals surface area contributed by atoms with Gasteiger partial charge in [0.2, 0.25) is 0 Å². The van der Waals surface area contributed by atoms with Crippen molar-refractivity contribution in [1.29, 1.82) is 0 Å². The van der Waals surface area contributed by atoms with Crippen molar-refractivity contribution in [3.63, 3.8) is 0 Å². The highest BCUT2D eigenvalue weighted by Crippen LogP contribution is 2.38. The molecule has 0 saturated heterocycles. The van der Waals surface area contributed by atoms with E-state index in [1.54, 1.807) is 16.9 Å². The van der Waals surface area contributed by atoms with Crippen LogP contribution in [0.15, 0.2) is 42.6 Å². The number of pyridine rings is 1. The van der Waals surface area contributed by atoms with Crippen molar-refractivity contribution < 1.29 is 14.6 Å². The number of aryl methyl sites for hydroxylation is 1. The number of carbonyl (C=O) groups is 1. The summed E-state index contributed by atoms with van der Waals surface area (Å²) in [5.74, 6) is 2.03. The monoisotopic (exact) mass is 459 g/mol. The summed E-state index contributed by atoms with van der Waals surface area (Å²) in [6.07, 6.45) is 1.74. The van der Waals surface area contributed by atoms with Crippen molar-refractivity contribution in [3.8, 4) is 11.4 Å². The zero-order valence-corrected chi connectivity index (χ0v) is 18.4. The Kier molecular flexibility index (Phi) is 5.47.